The van der Waals surface area contributed by atoms with Gasteiger partial charge in [0.05, 0.1) is 18.6 Å². The third-order valence-corrected chi connectivity index (χ3v) is 7.24. The Balaban J connectivity index is 1.68. The zero-order valence-electron chi connectivity index (χ0n) is 18.4. The highest BCUT2D eigenvalue weighted by Crippen LogP contribution is 2.35. The number of benzene rings is 2. The van der Waals surface area contributed by atoms with Crippen molar-refractivity contribution in [1.82, 2.24) is 10.0 Å². The summed E-state index contributed by atoms with van der Waals surface area (Å²) in [7, 11) is -0.510. The van der Waals surface area contributed by atoms with Crippen molar-refractivity contribution in [2.45, 2.75) is 23.2 Å². The second-order valence-corrected chi connectivity index (χ2v) is 9.49. The Morgan fingerprint density at radius 1 is 1.03 bits per heavy atom. The number of sulfonamides is 1. The monoisotopic (exact) mass is 462 g/mol. The van der Waals surface area contributed by atoms with Crippen LogP contribution >= 0.6 is 0 Å². The molecule has 0 saturated carbocycles. The van der Waals surface area contributed by atoms with Crippen molar-refractivity contribution in [1.29, 1.82) is 0 Å². The number of methoxy groups -OCH3 is 2. The summed E-state index contributed by atoms with van der Waals surface area (Å²) >= 11 is 0. The van der Waals surface area contributed by atoms with Crippen molar-refractivity contribution in [3.63, 3.8) is 0 Å². The molecule has 0 atom stereocenters. The Kier molecular flexibility index (Phi) is 8.25. The van der Waals surface area contributed by atoms with Gasteiger partial charge in [0.25, 0.3) is 5.91 Å². The second kappa shape index (κ2) is 10.9. The predicted molar refractivity (Wildman–Crippen MR) is 121 cm³/mol. The van der Waals surface area contributed by atoms with E-state index in [4.69, 9.17) is 14.2 Å². The summed E-state index contributed by atoms with van der Waals surface area (Å²) in [6.45, 7) is 2.17. The van der Waals surface area contributed by atoms with Crippen LogP contribution in [0, 0.1) is 0 Å². The minimum absolute atomic E-state index is 0.101. The van der Waals surface area contributed by atoms with Gasteiger partial charge in [-0.2, -0.15) is 0 Å². The number of carbonyl (C=O) groups is 1. The molecular weight excluding hydrogens is 432 g/mol. The predicted octanol–water partition coefficient (Wildman–Crippen LogP) is 2.10. The van der Waals surface area contributed by atoms with Crippen LogP contribution in [0.15, 0.2) is 53.4 Å². The minimum atomic E-state index is -3.64. The summed E-state index contributed by atoms with van der Waals surface area (Å²) < 4.78 is 42.7. The minimum Gasteiger partial charge on any atom is -0.497 e. The van der Waals surface area contributed by atoms with Crippen molar-refractivity contribution >= 4 is 15.9 Å². The van der Waals surface area contributed by atoms with E-state index in [9.17, 15) is 13.2 Å². The average Bonchev–Trinajstić information content (AvgIpc) is 2.83. The molecule has 8 nitrogen and oxygen atoms in total. The maximum absolute atomic E-state index is 12.8. The van der Waals surface area contributed by atoms with Crippen molar-refractivity contribution < 1.29 is 27.4 Å². The van der Waals surface area contributed by atoms with Crippen molar-refractivity contribution in [2.75, 3.05) is 47.1 Å². The van der Waals surface area contributed by atoms with Crippen LogP contribution in [0.25, 0.3) is 0 Å². The number of amides is 1. The van der Waals surface area contributed by atoms with Crippen molar-refractivity contribution in [3.8, 4) is 5.75 Å². The number of ether oxygens (including phenoxy) is 3. The first kappa shape index (κ1) is 24.2. The molecule has 0 aliphatic carbocycles. The van der Waals surface area contributed by atoms with Gasteiger partial charge in [-0.25, -0.2) is 13.1 Å². The lowest BCUT2D eigenvalue weighted by Crippen LogP contribution is -2.44. The molecule has 1 amide bonds. The molecule has 2 aromatic carbocycles. The van der Waals surface area contributed by atoms with E-state index < -0.39 is 10.0 Å². The van der Waals surface area contributed by atoms with E-state index in [1.165, 1.54) is 31.4 Å². The highest BCUT2D eigenvalue weighted by Gasteiger charge is 2.35. The van der Waals surface area contributed by atoms with Crippen LogP contribution < -0.4 is 14.8 Å². The van der Waals surface area contributed by atoms with E-state index in [1.807, 2.05) is 24.3 Å². The van der Waals surface area contributed by atoms with Crippen LogP contribution in [0.1, 0.15) is 28.8 Å². The van der Waals surface area contributed by atoms with Gasteiger partial charge >= 0.3 is 0 Å². The molecule has 1 fully saturated rings. The molecule has 0 bridgehead atoms. The topological polar surface area (TPSA) is 103 Å². The van der Waals surface area contributed by atoms with Gasteiger partial charge in [-0.05, 0) is 54.8 Å². The zero-order valence-corrected chi connectivity index (χ0v) is 19.2. The summed E-state index contributed by atoms with van der Waals surface area (Å²) in [5.74, 6) is 0.535. The lowest BCUT2D eigenvalue weighted by atomic mass is 9.74. The molecule has 0 spiro atoms. The van der Waals surface area contributed by atoms with Crippen LogP contribution in [0.5, 0.6) is 5.75 Å². The summed E-state index contributed by atoms with van der Waals surface area (Å²) in [4.78, 5) is 12.9. The normalized spacial score (nSPS) is 15.8. The molecule has 2 N–H and O–H groups in total. The Labute approximate surface area is 189 Å². The van der Waals surface area contributed by atoms with Gasteiger partial charge in [0, 0.05) is 44.4 Å². The molecule has 32 heavy (non-hydrogen) atoms. The standard InChI is InChI=1S/C23H30N2O6S/c1-29-16-13-25-32(27,28)21-9-3-18(4-10-21)22(26)24-17-23(11-14-31-15-12-23)19-5-7-20(30-2)8-6-19/h3-10,25H,11-17H2,1-2H3,(H,24,26). The first-order valence-electron chi connectivity index (χ1n) is 10.5. The van der Waals surface area contributed by atoms with Crippen LogP contribution in [0.3, 0.4) is 0 Å². The van der Waals surface area contributed by atoms with E-state index in [-0.39, 0.29) is 29.4 Å². The van der Waals surface area contributed by atoms with E-state index >= 15 is 0 Å². The number of rotatable bonds is 10. The smallest absolute Gasteiger partial charge is 0.251 e. The highest BCUT2D eigenvalue weighted by molar-refractivity contribution is 7.89. The van der Waals surface area contributed by atoms with Crippen molar-refractivity contribution in [3.05, 3.63) is 59.7 Å². The Morgan fingerprint density at radius 2 is 1.69 bits per heavy atom. The molecule has 0 aromatic heterocycles. The lowest BCUT2D eigenvalue weighted by molar-refractivity contribution is 0.0487. The third kappa shape index (κ3) is 5.86. The number of hydrogen-bond donors (Lipinski definition) is 2. The lowest BCUT2D eigenvalue weighted by Gasteiger charge is -2.38. The molecule has 1 aliphatic rings. The van der Waals surface area contributed by atoms with Gasteiger partial charge < -0.3 is 19.5 Å². The average molecular weight is 463 g/mol. The molecule has 174 valence electrons. The largest absolute Gasteiger partial charge is 0.497 e. The molecule has 3 rings (SSSR count). The summed E-state index contributed by atoms with van der Waals surface area (Å²) in [6, 6.07) is 13.8. The maximum Gasteiger partial charge on any atom is 0.251 e. The third-order valence-electron chi connectivity index (χ3n) is 5.76. The summed E-state index contributed by atoms with van der Waals surface area (Å²) in [5, 5.41) is 3.03. The van der Waals surface area contributed by atoms with Gasteiger partial charge in [-0.3, -0.25) is 4.79 Å². The zero-order chi connectivity index (χ0) is 23.0. The first-order valence-corrected chi connectivity index (χ1v) is 12.0. The summed E-state index contributed by atoms with van der Waals surface area (Å²) in [6.07, 6.45) is 1.59. The number of nitrogens with one attached hydrogen (secondary N) is 2. The van der Waals surface area contributed by atoms with Crippen molar-refractivity contribution in [2.24, 2.45) is 0 Å². The Morgan fingerprint density at radius 3 is 2.28 bits per heavy atom. The fourth-order valence-electron chi connectivity index (χ4n) is 3.77. The van der Waals surface area contributed by atoms with Gasteiger partial charge in [0.2, 0.25) is 10.0 Å². The van der Waals surface area contributed by atoms with Gasteiger partial charge in [-0.1, -0.05) is 12.1 Å². The van der Waals surface area contributed by atoms with Crippen LogP contribution in [0.4, 0.5) is 0 Å². The molecule has 1 heterocycles. The van der Waals surface area contributed by atoms with Crippen LogP contribution in [0.2, 0.25) is 0 Å². The first-order chi connectivity index (χ1) is 15.4. The molecule has 1 saturated heterocycles. The second-order valence-electron chi connectivity index (χ2n) is 7.72. The molecule has 0 unspecified atom stereocenters. The van der Waals surface area contributed by atoms with Gasteiger partial charge in [0.1, 0.15) is 5.75 Å². The van der Waals surface area contributed by atoms with Gasteiger partial charge in [0.15, 0.2) is 0 Å². The van der Waals surface area contributed by atoms with E-state index in [2.05, 4.69) is 10.0 Å². The quantitative estimate of drug-likeness (QED) is 0.524. The number of carbonyl (C=O) groups excluding carboxylic acids is 1. The number of hydrogen-bond acceptors (Lipinski definition) is 6. The Hall–Kier alpha value is -2.46. The van der Waals surface area contributed by atoms with Crippen LogP contribution in [-0.2, 0) is 24.9 Å². The molecular formula is C23H30N2O6S. The van der Waals surface area contributed by atoms with Gasteiger partial charge in [-0.15, -0.1) is 0 Å². The van der Waals surface area contributed by atoms with E-state index in [0.29, 0.717) is 25.3 Å². The van der Waals surface area contributed by atoms with E-state index in [0.717, 1.165) is 24.2 Å². The Bertz CT molecular complexity index is 984. The highest BCUT2D eigenvalue weighted by atomic mass is 32.2. The SMILES string of the molecule is COCCNS(=O)(=O)c1ccc(C(=O)NCC2(c3ccc(OC)cc3)CCOCC2)cc1. The fraction of sp³-hybridized carbons (Fsp3) is 0.435. The van der Waals surface area contributed by atoms with E-state index in [1.54, 1.807) is 7.11 Å². The van der Waals surface area contributed by atoms with Crippen LogP contribution in [-0.4, -0.2) is 61.5 Å². The summed E-state index contributed by atoms with van der Waals surface area (Å²) in [5.41, 5.74) is 1.30. The molecule has 2 aromatic rings. The molecule has 0 radical (unpaired) electrons. The fourth-order valence-corrected chi connectivity index (χ4v) is 4.79. The molecule has 9 heteroatoms. The maximum atomic E-state index is 12.8. The molecule has 1 aliphatic heterocycles.